The van der Waals surface area contributed by atoms with E-state index in [0.29, 0.717) is 0 Å². The Labute approximate surface area is 150 Å². The molecule has 0 aliphatic rings. The molecule has 6 nitrogen and oxygen atoms in total. The largest absolute Gasteiger partial charge is 0.391 e. The first-order valence-electron chi connectivity index (χ1n) is 7.76. The molecular weight excluding hydrogens is 340 g/mol. The topological polar surface area (TPSA) is 99.5 Å². The number of benzene rings is 1. The zero-order valence-electron chi connectivity index (χ0n) is 13.8. The summed E-state index contributed by atoms with van der Waals surface area (Å²) in [6.45, 7) is 0.628. The zero-order chi connectivity index (χ0) is 18.2. The number of carbonyl (C=O) groups is 2. The van der Waals surface area contributed by atoms with Gasteiger partial charge in [-0.3, -0.25) is 9.59 Å². The van der Waals surface area contributed by atoms with Crippen molar-refractivity contribution in [3.63, 3.8) is 0 Å². The maximum absolute atomic E-state index is 12.2. The number of aliphatic hydroxyl groups excluding tert-OH is 2. The van der Waals surface area contributed by atoms with Crippen LogP contribution in [0.15, 0.2) is 53.7 Å². The molecule has 0 spiro atoms. The van der Waals surface area contributed by atoms with Gasteiger partial charge in [0, 0.05) is 11.9 Å². The number of nitrogens with zero attached hydrogens (tertiary/aromatic N) is 1. The summed E-state index contributed by atoms with van der Waals surface area (Å²) >= 11 is 1.55. The van der Waals surface area contributed by atoms with Crippen LogP contribution in [0.2, 0.25) is 0 Å². The standard InChI is InChI=1S/C18H20N2O4S/c1-12(22)17(15(23)10-21)20-18(24)14-7-8-16(19-9-14)25-11-13-5-3-2-4-6-13/h2-9,12,17,21-22H,10-11H2,1H3,(H,20,24)/t12-,17+/m1/s1. The van der Waals surface area contributed by atoms with Crippen LogP contribution in [0.25, 0.3) is 0 Å². The van der Waals surface area contributed by atoms with Crippen LogP contribution in [-0.2, 0) is 10.5 Å². The molecular formula is C18H20N2O4S. The monoisotopic (exact) mass is 360 g/mol. The molecule has 7 heteroatoms. The number of aromatic nitrogens is 1. The van der Waals surface area contributed by atoms with E-state index in [1.54, 1.807) is 23.9 Å². The van der Waals surface area contributed by atoms with Crippen molar-refractivity contribution in [2.45, 2.75) is 29.8 Å². The minimum atomic E-state index is -1.15. The van der Waals surface area contributed by atoms with Gasteiger partial charge in [0.15, 0.2) is 5.78 Å². The highest BCUT2D eigenvalue weighted by Gasteiger charge is 2.25. The smallest absolute Gasteiger partial charge is 0.253 e. The summed E-state index contributed by atoms with van der Waals surface area (Å²) in [6.07, 6.45) is 0.322. The highest BCUT2D eigenvalue weighted by atomic mass is 32.2. The Bertz CT molecular complexity index is 705. The molecule has 2 rings (SSSR count). The molecule has 25 heavy (non-hydrogen) atoms. The summed E-state index contributed by atoms with van der Waals surface area (Å²) in [4.78, 5) is 28.0. The second-order valence-electron chi connectivity index (χ2n) is 5.48. The fourth-order valence-electron chi connectivity index (χ4n) is 2.12. The Kier molecular flexibility index (Phi) is 7.12. The molecule has 0 bridgehead atoms. The van der Waals surface area contributed by atoms with E-state index in [2.05, 4.69) is 10.3 Å². The Morgan fingerprint density at radius 1 is 1.20 bits per heavy atom. The van der Waals surface area contributed by atoms with Gasteiger partial charge in [-0.25, -0.2) is 4.98 Å². The summed E-state index contributed by atoms with van der Waals surface area (Å²) in [7, 11) is 0. The predicted molar refractivity (Wildman–Crippen MR) is 95.3 cm³/mol. The normalized spacial score (nSPS) is 13.1. The zero-order valence-corrected chi connectivity index (χ0v) is 14.6. The van der Waals surface area contributed by atoms with Gasteiger partial charge < -0.3 is 15.5 Å². The molecule has 132 valence electrons. The fraction of sp³-hybridized carbons (Fsp3) is 0.278. The molecule has 1 amide bonds. The van der Waals surface area contributed by atoms with Gasteiger partial charge in [0.1, 0.15) is 12.6 Å². The number of hydrogen-bond acceptors (Lipinski definition) is 6. The van der Waals surface area contributed by atoms with E-state index in [9.17, 15) is 14.7 Å². The van der Waals surface area contributed by atoms with Gasteiger partial charge in [0.25, 0.3) is 5.91 Å². The number of amides is 1. The molecule has 1 heterocycles. The average Bonchev–Trinajstić information content (AvgIpc) is 2.64. The van der Waals surface area contributed by atoms with E-state index >= 15 is 0 Å². The molecule has 0 aliphatic carbocycles. The lowest BCUT2D eigenvalue weighted by Gasteiger charge is -2.19. The number of nitrogens with one attached hydrogen (secondary N) is 1. The van der Waals surface area contributed by atoms with Gasteiger partial charge >= 0.3 is 0 Å². The van der Waals surface area contributed by atoms with Crippen LogP contribution in [0.5, 0.6) is 0 Å². The molecule has 0 unspecified atom stereocenters. The van der Waals surface area contributed by atoms with Crippen molar-refractivity contribution in [2.24, 2.45) is 0 Å². The first kappa shape index (κ1) is 19.1. The Balaban J connectivity index is 1.96. The summed E-state index contributed by atoms with van der Waals surface area (Å²) in [5.74, 6) is -0.403. The lowest BCUT2D eigenvalue weighted by molar-refractivity contribution is -0.125. The van der Waals surface area contributed by atoms with Gasteiger partial charge in [0.05, 0.1) is 16.7 Å². The van der Waals surface area contributed by atoms with Gasteiger partial charge in [0.2, 0.25) is 0 Å². The lowest BCUT2D eigenvalue weighted by Crippen LogP contribution is -2.48. The van der Waals surface area contributed by atoms with Crippen molar-refractivity contribution in [1.82, 2.24) is 10.3 Å². The summed E-state index contributed by atoms with van der Waals surface area (Å²) in [6, 6.07) is 12.2. The number of Topliss-reactive ketones (excluding diaryl/α,β-unsaturated/α-hetero) is 1. The lowest BCUT2D eigenvalue weighted by atomic mass is 10.1. The molecule has 0 radical (unpaired) electrons. The Morgan fingerprint density at radius 3 is 2.48 bits per heavy atom. The first-order valence-corrected chi connectivity index (χ1v) is 8.75. The van der Waals surface area contributed by atoms with Crippen molar-refractivity contribution in [2.75, 3.05) is 6.61 Å². The van der Waals surface area contributed by atoms with Crippen LogP contribution in [0.1, 0.15) is 22.8 Å². The van der Waals surface area contributed by atoms with Crippen molar-refractivity contribution in [3.8, 4) is 0 Å². The van der Waals surface area contributed by atoms with E-state index in [1.807, 2.05) is 30.3 Å². The molecule has 2 atom stereocenters. The third kappa shape index (κ3) is 5.67. The highest BCUT2D eigenvalue weighted by Crippen LogP contribution is 2.20. The van der Waals surface area contributed by atoms with E-state index in [0.717, 1.165) is 10.8 Å². The molecule has 0 fully saturated rings. The Hall–Kier alpha value is -2.22. The maximum Gasteiger partial charge on any atom is 0.253 e. The predicted octanol–water partition coefficient (Wildman–Crippen LogP) is 1.41. The molecule has 0 saturated carbocycles. The van der Waals surface area contributed by atoms with Gasteiger partial charge in [-0.1, -0.05) is 30.3 Å². The number of carbonyl (C=O) groups excluding carboxylic acids is 2. The highest BCUT2D eigenvalue weighted by molar-refractivity contribution is 7.98. The summed E-state index contributed by atoms with van der Waals surface area (Å²) in [5.41, 5.74) is 1.46. The number of pyridine rings is 1. The van der Waals surface area contributed by atoms with Crippen molar-refractivity contribution in [1.29, 1.82) is 0 Å². The van der Waals surface area contributed by atoms with E-state index in [-0.39, 0.29) is 5.56 Å². The maximum atomic E-state index is 12.2. The summed E-state index contributed by atoms with van der Waals surface area (Å²) in [5, 5.41) is 21.7. The number of ketones is 1. The average molecular weight is 360 g/mol. The SMILES string of the molecule is C[C@@H](O)[C@H](NC(=O)c1ccc(SCc2ccccc2)nc1)C(=O)CO. The van der Waals surface area contributed by atoms with Gasteiger partial charge in [-0.05, 0) is 24.6 Å². The second kappa shape index (κ2) is 9.31. The van der Waals surface area contributed by atoms with Crippen molar-refractivity contribution in [3.05, 3.63) is 59.8 Å². The van der Waals surface area contributed by atoms with Crippen LogP contribution in [-0.4, -0.2) is 45.6 Å². The Morgan fingerprint density at radius 2 is 1.92 bits per heavy atom. The quantitative estimate of drug-likeness (QED) is 0.616. The van der Waals surface area contributed by atoms with E-state index in [1.165, 1.54) is 18.7 Å². The fourth-order valence-corrected chi connectivity index (χ4v) is 2.92. The van der Waals surface area contributed by atoms with Crippen molar-refractivity contribution < 1.29 is 19.8 Å². The van der Waals surface area contributed by atoms with Crippen LogP contribution >= 0.6 is 11.8 Å². The van der Waals surface area contributed by atoms with Gasteiger partial charge in [-0.2, -0.15) is 0 Å². The minimum Gasteiger partial charge on any atom is -0.391 e. The van der Waals surface area contributed by atoms with Crippen molar-refractivity contribution >= 4 is 23.5 Å². The van der Waals surface area contributed by atoms with Crippen LogP contribution in [0, 0.1) is 0 Å². The number of thioether (sulfide) groups is 1. The molecule has 0 saturated heterocycles. The number of rotatable bonds is 8. The number of hydrogen-bond donors (Lipinski definition) is 3. The van der Waals surface area contributed by atoms with E-state index < -0.39 is 30.4 Å². The minimum absolute atomic E-state index is 0.278. The van der Waals surface area contributed by atoms with E-state index in [4.69, 9.17) is 5.11 Å². The van der Waals surface area contributed by atoms with Crippen LogP contribution in [0.4, 0.5) is 0 Å². The number of aliphatic hydroxyl groups is 2. The summed E-state index contributed by atoms with van der Waals surface area (Å²) < 4.78 is 0. The molecule has 2 aromatic rings. The van der Waals surface area contributed by atoms with Crippen LogP contribution in [0.3, 0.4) is 0 Å². The third-order valence-corrected chi connectivity index (χ3v) is 4.51. The third-order valence-electron chi connectivity index (χ3n) is 3.50. The second-order valence-corrected chi connectivity index (χ2v) is 6.47. The molecule has 0 aliphatic heterocycles. The first-order chi connectivity index (χ1) is 12.0. The molecule has 3 N–H and O–H groups in total. The molecule has 1 aromatic heterocycles. The van der Waals surface area contributed by atoms with Gasteiger partial charge in [-0.15, -0.1) is 11.8 Å². The van der Waals surface area contributed by atoms with Crippen LogP contribution < -0.4 is 5.32 Å². The molecule has 1 aromatic carbocycles.